The Morgan fingerprint density at radius 1 is 1.24 bits per heavy atom. The predicted octanol–water partition coefficient (Wildman–Crippen LogP) is 4.64. The average Bonchev–Trinajstić information content (AvgIpc) is 2.51. The Balaban J connectivity index is 1.63. The maximum Gasteiger partial charge on any atom is 0.0693 e. The van der Waals surface area contributed by atoms with Crippen molar-refractivity contribution >= 4 is 5.69 Å². The molecule has 2 fully saturated rings. The van der Waals surface area contributed by atoms with Crippen molar-refractivity contribution in [1.82, 2.24) is 0 Å². The van der Waals surface area contributed by atoms with Crippen molar-refractivity contribution in [3.63, 3.8) is 0 Å². The van der Waals surface area contributed by atoms with Crippen molar-refractivity contribution in [3.8, 4) is 0 Å². The van der Waals surface area contributed by atoms with E-state index in [1.54, 1.807) is 0 Å². The van der Waals surface area contributed by atoms with Gasteiger partial charge in [0.1, 0.15) is 0 Å². The van der Waals surface area contributed by atoms with Gasteiger partial charge in [-0.25, -0.2) is 0 Å². The molecule has 1 N–H and O–H groups in total. The van der Waals surface area contributed by atoms with Crippen molar-refractivity contribution in [2.24, 2.45) is 11.3 Å². The molecule has 1 aliphatic heterocycles. The second-order valence-electron chi connectivity index (χ2n) is 7.34. The summed E-state index contributed by atoms with van der Waals surface area (Å²) in [6, 6.07) is 9.59. The van der Waals surface area contributed by atoms with E-state index in [0.717, 1.165) is 6.61 Å². The minimum absolute atomic E-state index is 0.242. The van der Waals surface area contributed by atoms with Crippen molar-refractivity contribution in [2.75, 3.05) is 11.9 Å². The van der Waals surface area contributed by atoms with Crippen LogP contribution in [-0.4, -0.2) is 18.8 Å². The molecule has 0 radical (unpaired) electrons. The Bertz CT molecular complexity index is 465. The summed E-state index contributed by atoms with van der Waals surface area (Å²) in [4.78, 5) is 0. The number of nitrogens with one attached hydrogen (secondary N) is 1. The van der Waals surface area contributed by atoms with Crippen molar-refractivity contribution < 1.29 is 4.74 Å². The molecule has 0 amide bonds. The van der Waals surface area contributed by atoms with Gasteiger partial charge in [0.15, 0.2) is 0 Å². The number of fused-ring (bicyclic) bond motifs is 1. The zero-order valence-corrected chi connectivity index (χ0v) is 13.7. The van der Waals surface area contributed by atoms with Crippen LogP contribution in [-0.2, 0) is 11.2 Å². The van der Waals surface area contributed by atoms with Crippen LogP contribution in [0.1, 0.15) is 52.0 Å². The number of benzene rings is 1. The normalized spacial score (nSPS) is 30.3. The second kappa shape index (κ2) is 6.00. The van der Waals surface area contributed by atoms with Crippen molar-refractivity contribution in [3.05, 3.63) is 29.8 Å². The van der Waals surface area contributed by atoms with Gasteiger partial charge in [0.05, 0.1) is 6.10 Å². The van der Waals surface area contributed by atoms with Crippen LogP contribution in [0, 0.1) is 11.3 Å². The van der Waals surface area contributed by atoms with Gasteiger partial charge in [-0.05, 0) is 43.4 Å². The molecule has 0 bridgehead atoms. The molecular weight excluding hydrogens is 258 g/mol. The van der Waals surface area contributed by atoms with Gasteiger partial charge in [0.2, 0.25) is 0 Å². The Hall–Kier alpha value is -1.02. The average molecular weight is 287 g/mol. The topological polar surface area (TPSA) is 21.3 Å². The van der Waals surface area contributed by atoms with E-state index in [-0.39, 0.29) is 5.41 Å². The molecule has 2 heteroatoms. The Kier molecular flexibility index (Phi) is 4.26. The molecule has 2 nitrogen and oxygen atoms in total. The zero-order valence-electron chi connectivity index (χ0n) is 13.7. The van der Waals surface area contributed by atoms with Gasteiger partial charge in [0.25, 0.3) is 0 Å². The molecule has 1 saturated carbocycles. The van der Waals surface area contributed by atoms with Crippen LogP contribution in [0.4, 0.5) is 5.69 Å². The lowest BCUT2D eigenvalue weighted by Crippen LogP contribution is -2.67. The summed E-state index contributed by atoms with van der Waals surface area (Å²) in [6.07, 6.45) is 6.71. The summed E-state index contributed by atoms with van der Waals surface area (Å²) in [5.41, 5.74) is 2.96. The maximum atomic E-state index is 5.98. The van der Waals surface area contributed by atoms with E-state index < -0.39 is 0 Å². The minimum atomic E-state index is 0.242. The van der Waals surface area contributed by atoms with Gasteiger partial charge in [-0.1, -0.05) is 39.3 Å². The predicted molar refractivity (Wildman–Crippen MR) is 88.7 cm³/mol. The van der Waals surface area contributed by atoms with Crippen LogP contribution in [0.15, 0.2) is 24.3 Å². The van der Waals surface area contributed by atoms with E-state index in [1.165, 1.54) is 43.4 Å². The lowest BCUT2D eigenvalue weighted by Gasteiger charge is -2.60. The molecule has 1 saturated heterocycles. The smallest absolute Gasteiger partial charge is 0.0693 e. The zero-order chi connectivity index (χ0) is 14.9. The van der Waals surface area contributed by atoms with Crippen LogP contribution in [0.3, 0.4) is 0 Å². The fraction of sp³-hybridized carbons (Fsp3) is 0.684. The van der Waals surface area contributed by atoms with E-state index in [4.69, 9.17) is 4.74 Å². The van der Waals surface area contributed by atoms with Gasteiger partial charge < -0.3 is 10.1 Å². The summed E-state index contributed by atoms with van der Waals surface area (Å²) in [5.74, 6) is 0.688. The van der Waals surface area contributed by atoms with E-state index in [1.807, 2.05) is 0 Å². The Morgan fingerprint density at radius 3 is 2.71 bits per heavy atom. The molecule has 1 aromatic carbocycles. The SMILES string of the molecule is CCCCc1ccc(NC2C3CCCOC3C2(C)C)cc1. The highest BCUT2D eigenvalue weighted by Gasteiger charge is 2.57. The van der Waals surface area contributed by atoms with E-state index >= 15 is 0 Å². The van der Waals surface area contributed by atoms with E-state index in [9.17, 15) is 0 Å². The molecular formula is C19H29NO. The third-order valence-corrected chi connectivity index (χ3v) is 5.43. The highest BCUT2D eigenvalue weighted by Crippen LogP contribution is 2.52. The van der Waals surface area contributed by atoms with Crippen LogP contribution in [0.25, 0.3) is 0 Å². The number of rotatable bonds is 5. The summed E-state index contributed by atoms with van der Waals surface area (Å²) >= 11 is 0. The molecule has 0 spiro atoms. The van der Waals surface area contributed by atoms with Gasteiger partial charge in [-0.2, -0.15) is 0 Å². The first-order valence-corrected chi connectivity index (χ1v) is 8.60. The molecule has 1 heterocycles. The van der Waals surface area contributed by atoms with Crippen LogP contribution < -0.4 is 5.32 Å². The van der Waals surface area contributed by atoms with Gasteiger partial charge in [-0.15, -0.1) is 0 Å². The highest BCUT2D eigenvalue weighted by molar-refractivity contribution is 5.47. The monoisotopic (exact) mass is 287 g/mol. The summed E-state index contributed by atoms with van der Waals surface area (Å²) < 4.78 is 5.98. The van der Waals surface area contributed by atoms with Crippen LogP contribution in [0.2, 0.25) is 0 Å². The molecule has 3 rings (SSSR count). The van der Waals surface area contributed by atoms with Crippen molar-refractivity contribution in [1.29, 1.82) is 0 Å². The lowest BCUT2D eigenvalue weighted by molar-refractivity contribution is -0.177. The number of unbranched alkanes of at least 4 members (excludes halogenated alkanes) is 1. The molecule has 1 aliphatic carbocycles. The number of hydrogen-bond donors (Lipinski definition) is 1. The minimum Gasteiger partial charge on any atom is -0.381 e. The van der Waals surface area contributed by atoms with E-state index in [2.05, 4.69) is 50.4 Å². The standard InChI is InChI=1S/C19H29NO/c1-4-5-7-14-9-11-15(12-10-14)20-17-16-8-6-13-21-18(16)19(17,2)3/h9-12,16-18,20H,4-8,13H2,1-3H3. The fourth-order valence-corrected chi connectivity index (χ4v) is 4.14. The summed E-state index contributed by atoms with van der Waals surface area (Å²) in [7, 11) is 0. The third-order valence-electron chi connectivity index (χ3n) is 5.43. The number of anilines is 1. The molecule has 2 aliphatic rings. The van der Waals surface area contributed by atoms with Gasteiger partial charge in [0, 0.05) is 29.7 Å². The van der Waals surface area contributed by atoms with Crippen LogP contribution in [0.5, 0.6) is 0 Å². The third kappa shape index (κ3) is 2.83. The first-order chi connectivity index (χ1) is 10.1. The molecule has 0 aromatic heterocycles. The maximum absolute atomic E-state index is 5.98. The Morgan fingerprint density at radius 2 is 2.00 bits per heavy atom. The molecule has 1 aromatic rings. The Labute approximate surface area is 129 Å². The number of hydrogen-bond acceptors (Lipinski definition) is 2. The van der Waals surface area contributed by atoms with Gasteiger partial charge in [-0.3, -0.25) is 0 Å². The van der Waals surface area contributed by atoms with E-state index in [0.29, 0.717) is 18.1 Å². The van der Waals surface area contributed by atoms with Crippen molar-refractivity contribution in [2.45, 2.75) is 65.0 Å². The van der Waals surface area contributed by atoms with Crippen LogP contribution >= 0.6 is 0 Å². The highest BCUT2D eigenvalue weighted by atomic mass is 16.5. The molecule has 3 atom stereocenters. The fourth-order valence-electron chi connectivity index (χ4n) is 4.14. The second-order valence-corrected chi connectivity index (χ2v) is 7.34. The quantitative estimate of drug-likeness (QED) is 0.851. The molecule has 21 heavy (non-hydrogen) atoms. The first-order valence-electron chi connectivity index (χ1n) is 8.60. The molecule has 3 unspecified atom stereocenters. The summed E-state index contributed by atoms with van der Waals surface area (Å²) in [6.45, 7) is 7.88. The largest absolute Gasteiger partial charge is 0.381 e. The summed E-state index contributed by atoms with van der Waals surface area (Å²) in [5, 5.41) is 3.77. The molecule has 116 valence electrons. The number of aryl methyl sites for hydroxylation is 1. The first kappa shape index (κ1) is 14.9. The lowest BCUT2D eigenvalue weighted by atomic mass is 9.55. The number of ether oxygens (including phenoxy) is 1. The van der Waals surface area contributed by atoms with Gasteiger partial charge >= 0.3 is 0 Å².